The minimum atomic E-state index is -0.337. The van der Waals surface area contributed by atoms with E-state index in [4.69, 9.17) is 14.9 Å². The molecule has 3 aromatic rings. The van der Waals surface area contributed by atoms with Crippen molar-refractivity contribution in [2.75, 3.05) is 0 Å². The Morgan fingerprint density at radius 3 is 2.56 bits per heavy atom. The van der Waals surface area contributed by atoms with Crippen molar-refractivity contribution in [1.29, 1.82) is 0 Å². The molecular weight excluding hydrogens is 340 g/mol. The minimum Gasteiger partial charge on any atom is -0.445 e. The molecule has 2 heterocycles. The molecule has 0 bridgehead atoms. The first kappa shape index (κ1) is 15.9. The van der Waals surface area contributed by atoms with Crippen LogP contribution >= 0.6 is 0 Å². The molecule has 27 heavy (non-hydrogen) atoms. The average molecular weight is 358 g/mol. The predicted molar refractivity (Wildman–Crippen MR) is 101 cm³/mol. The van der Waals surface area contributed by atoms with Gasteiger partial charge >= 0.3 is 0 Å². The number of aromatic nitrogens is 1. The number of oxazole rings is 1. The van der Waals surface area contributed by atoms with Gasteiger partial charge in [0.2, 0.25) is 5.89 Å². The SMILES string of the molecule is NC1=C(c2nc3ccccc3o2)C(c2ccccc2)C2=C(CCCC2=O)O1. The lowest BCUT2D eigenvalue weighted by atomic mass is 9.77. The fourth-order valence-corrected chi connectivity index (χ4v) is 3.93. The van der Waals surface area contributed by atoms with Gasteiger partial charge in [-0.05, 0) is 24.1 Å². The molecule has 5 heteroatoms. The lowest BCUT2D eigenvalue weighted by Crippen LogP contribution is -2.27. The van der Waals surface area contributed by atoms with Crippen molar-refractivity contribution in [2.45, 2.75) is 25.2 Å². The van der Waals surface area contributed by atoms with Crippen LogP contribution in [0.5, 0.6) is 0 Å². The van der Waals surface area contributed by atoms with Crippen LogP contribution in [0.3, 0.4) is 0 Å². The molecule has 2 N–H and O–H groups in total. The molecule has 134 valence electrons. The van der Waals surface area contributed by atoms with Crippen LogP contribution in [0.1, 0.15) is 36.6 Å². The van der Waals surface area contributed by atoms with Gasteiger partial charge in [0.25, 0.3) is 0 Å². The summed E-state index contributed by atoms with van der Waals surface area (Å²) in [5.74, 6) is 1.09. The number of nitrogens with two attached hydrogens (primary N) is 1. The smallest absolute Gasteiger partial charge is 0.229 e. The third-order valence-electron chi connectivity index (χ3n) is 5.14. The van der Waals surface area contributed by atoms with Crippen molar-refractivity contribution in [3.8, 4) is 0 Å². The third kappa shape index (κ3) is 2.54. The number of allylic oxidation sites excluding steroid dienone is 3. The lowest BCUT2D eigenvalue weighted by molar-refractivity contribution is -0.116. The standard InChI is InChI=1S/C22H18N2O3/c23-21-20(22-24-14-9-4-5-11-16(14)27-22)18(13-7-2-1-3-8-13)19-15(25)10-6-12-17(19)26-21/h1-5,7-9,11,18H,6,10,12,23H2. The van der Waals surface area contributed by atoms with Crippen molar-refractivity contribution in [3.63, 3.8) is 0 Å². The fourth-order valence-electron chi connectivity index (χ4n) is 3.93. The number of hydrogen-bond acceptors (Lipinski definition) is 5. The molecule has 5 rings (SSSR count). The van der Waals surface area contributed by atoms with Crippen LogP contribution in [0.25, 0.3) is 16.7 Å². The van der Waals surface area contributed by atoms with Gasteiger partial charge in [-0.25, -0.2) is 4.98 Å². The van der Waals surface area contributed by atoms with Crippen molar-refractivity contribution in [1.82, 2.24) is 4.98 Å². The first-order valence-corrected chi connectivity index (χ1v) is 9.07. The summed E-state index contributed by atoms with van der Waals surface area (Å²) in [6, 6.07) is 17.4. The van der Waals surface area contributed by atoms with Gasteiger partial charge in [-0.3, -0.25) is 4.79 Å². The zero-order valence-electron chi connectivity index (χ0n) is 14.6. The molecule has 0 saturated heterocycles. The Labute approximate surface area is 156 Å². The molecule has 2 aliphatic rings. The predicted octanol–water partition coefficient (Wildman–Crippen LogP) is 4.28. The molecule has 1 aliphatic heterocycles. The van der Waals surface area contributed by atoms with E-state index in [-0.39, 0.29) is 17.6 Å². The molecule has 0 saturated carbocycles. The molecule has 0 spiro atoms. The second-order valence-corrected chi connectivity index (χ2v) is 6.82. The summed E-state index contributed by atoms with van der Waals surface area (Å²) in [6.45, 7) is 0. The van der Waals surface area contributed by atoms with E-state index < -0.39 is 0 Å². The van der Waals surface area contributed by atoms with Crippen LogP contribution in [0.15, 0.2) is 76.2 Å². The van der Waals surface area contributed by atoms with E-state index >= 15 is 0 Å². The molecule has 1 aromatic heterocycles. The van der Waals surface area contributed by atoms with Crippen molar-refractivity contribution in [3.05, 3.63) is 83.3 Å². The summed E-state index contributed by atoms with van der Waals surface area (Å²) in [5, 5.41) is 0. The lowest BCUT2D eigenvalue weighted by Gasteiger charge is -2.32. The van der Waals surface area contributed by atoms with Gasteiger partial charge in [0.05, 0.1) is 11.5 Å². The van der Waals surface area contributed by atoms with Crippen LogP contribution in [0.4, 0.5) is 0 Å². The summed E-state index contributed by atoms with van der Waals surface area (Å²) >= 11 is 0. The van der Waals surface area contributed by atoms with Gasteiger partial charge in [0, 0.05) is 18.4 Å². The number of para-hydroxylation sites is 2. The summed E-state index contributed by atoms with van der Waals surface area (Å²) in [5.41, 5.74) is 10.0. The zero-order chi connectivity index (χ0) is 18.4. The number of carbonyl (C=O) groups excluding carboxylic acids is 1. The minimum absolute atomic E-state index is 0.103. The van der Waals surface area contributed by atoms with E-state index in [9.17, 15) is 4.79 Å². The van der Waals surface area contributed by atoms with E-state index in [0.29, 0.717) is 41.2 Å². The van der Waals surface area contributed by atoms with Gasteiger partial charge in [-0.2, -0.15) is 0 Å². The Balaban J connectivity index is 1.73. The Bertz CT molecular complexity index is 1080. The summed E-state index contributed by atoms with van der Waals surface area (Å²) in [4.78, 5) is 17.4. The maximum Gasteiger partial charge on any atom is 0.229 e. The topological polar surface area (TPSA) is 78.4 Å². The number of fused-ring (bicyclic) bond motifs is 1. The van der Waals surface area contributed by atoms with Crippen LogP contribution in [-0.2, 0) is 9.53 Å². The number of hydrogen-bond donors (Lipinski definition) is 1. The van der Waals surface area contributed by atoms with Gasteiger partial charge < -0.3 is 14.9 Å². The van der Waals surface area contributed by atoms with Crippen molar-refractivity contribution >= 4 is 22.5 Å². The summed E-state index contributed by atoms with van der Waals surface area (Å²) < 4.78 is 11.9. The average Bonchev–Trinajstić information content (AvgIpc) is 3.11. The first-order valence-electron chi connectivity index (χ1n) is 9.07. The number of carbonyl (C=O) groups is 1. The molecule has 0 radical (unpaired) electrons. The normalized spacial score (nSPS) is 20.0. The number of Topliss-reactive ketones (excluding diaryl/α,β-unsaturated/α-hetero) is 1. The van der Waals surface area contributed by atoms with Crippen molar-refractivity contribution in [2.24, 2.45) is 5.73 Å². The highest BCUT2D eigenvalue weighted by Gasteiger charge is 2.40. The van der Waals surface area contributed by atoms with E-state index in [1.165, 1.54) is 0 Å². The highest BCUT2D eigenvalue weighted by Crippen LogP contribution is 2.47. The van der Waals surface area contributed by atoms with Crippen LogP contribution in [0, 0.1) is 0 Å². The van der Waals surface area contributed by atoms with Gasteiger partial charge in [-0.15, -0.1) is 0 Å². The monoisotopic (exact) mass is 358 g/mol. The maximum atomic E-state index is 12.8. The highest BCUT2D eigenvalue weighted by molar-refractivity contribution is 6.02. The molecule has 1 atom stereocenters. The molecule has 5 nitrogen and oxygen atoms in total. The van der Waals surface area contributed by atoms with Crippen LogP contribution in [0.2, 0.25) is 0 Å². The third-order valence-corrected chi connectivity index (χ3v) is 5.14. The number of nitrogens with zero attached hydrogens (tertiary/aromatic N) is 1. The number of ether oxygens (including phenoxy) is 1. The molecule has 0 fully saturated rings. The molecule has 2 aromatic carbocycles. The van der Waals surface area contributed by atoms with Gasteiger partial charge in [0.15, 0.2) is 17.2 Å². The summed E-state index contributed by atoms with van der Waals surface area (Å²) in [6.07, 6.45) is 2.02. The molecule has 0 amide bonds. The second kappa shape index (κ2) is 6.13. The Morgan fingerprint density at radius 1 is 0.963 bits per heavy atom. The number of ketones is 1. The van der Waals surface area contributed by atoms with Gasteiger partial charge in [-0.1, -0.05) is 42.5 Å². The van der Waals surface area contributed by atoms with E-state index in [1.54, 1.807) is 0 Å². The Morgan fingerprint density at radius 2 is 1.74 bits per heavy atom. The first-order chi connectivity index (χ1) is 13.2. The van der Waals surface area contributed by atoms with E-state index in [0.717, 1.165) is 17.5 Å². The second-order valence-electron chi connectivity index (χ2n) is 6.82. The summed E-state index contributed by atoms with van der Waals surface area (Å²) in [7, 11) is 0. The van der Waals surface area contributed by atoms with Gasteiger partial charge in [0.1, 0.15) is 11.3 Å². The maximum absolute atomic E-state index is 12.8. The van der Waals surface area contributed by atoms with E-state index in [1.807, 2.05) is 54.6 Å². The molecule has 1 unspecified atom stereocenters. The van der Waals surface area contributed by atoms with Crippen LogP contribution < -0.4 is 5.73 Å². The fraction of sp³-hybridized carbons (Fsp3) is 0.182. The quantitative estimate of drug-likeness (QED) is 0.740. The highest BCUT2D eigenvalue weighted by atomic mass is 16.5. The number of benzene rings is 2. The van der Waals surface area contributed by atoms with E-state index in [2.05, 4.69) is 4.98 Å². The Hall–Kier alpha value is -3.34. The van der Waals surface area contributed by atoms with Crippen LogP contribution in [-0.4, -0.2) is 10.8 Å². The zero-order valence-corrected chi connectivity index (χ0v) is 14.6. The molecule has 1 aliphatic carbocycles. The largest absolute Gasteiger partial charge is 0.445 e. The Kier molecular flexibility index (Phi) is 3.60. The molecular formula is C22H18N2O3. The van der Waals surface area contributed by atoms with Crippen molar-refractivity contribution < 1.29 is 13.9 Å². The number of rotatable bonds is 2.